The van der Waals surface area contributed by atoms with Crippen molar-refractivity contribution in [1.29, 1.82) is 0 Å². The predicted molar refractivity (Wildman–Crippen MR) is 138 cm³/mol. The summed E-state index contributed by atoms with van der Waals surface area (Å²) in [6, 6.07) is 13.2. The lowest BCUT2D eigenvalue weighted by molar-refractivity contribution is -0.137. The fourth-order valence-electron chi connectivity index (χ4n) is 5.97. The summed E-state index contributed by atoms with van der Waals surface area (Å²) in [5, 5.41) is 0. The van der Waals surface area contributed by atoms with Crippen molar-refractivity contribution in [2.45, 2.75) is 57.5 Å². The minimum Gasteiger partial charge on any atom is -0.497 e. The molecule has 7 nitrogen and oxygen atoms in total. The second-order valence-electron chi connectivity index (χ2n) is 10.3. The number of benzene rings is 2. The van der Waals surface area contributed by atoms with Crippen LogP contribution in [0.1, 0.15) is 71.2 Å². The SMILES string of the molecule is COc1ccc(CN2C(=O)c3cccc(N4CCCC(C(=O)N(C)C5CCCCC5)C4)c3C2=O)cc1. The van der Waals surface area contributed by atoms with Crippen LogP contribution in [0, 0.1) is 5.92 Å². The largest absolute Gasteiger partial charge is 0.497 e. The van der Waals surface area contributed by atoms with Crippen molar-refractivity contribution in [3.8, 4) is 5.75 Å². The Bertz CT molecular complexity index is 1140. The number of hydrogen-bond acceptors (Lipinski definition) is 5. The molecule has 0 aromatic heterocycles. The zero-order valence-corrected chi connectivity index (χ0v) is 21.2. The number of carbonyl (C=O) groups excluding carboxylic acids is 3. The molecule has 1 saturated carbocycles. The van der Waals surface area contributed by atoms with Gasteiger partial charge < -0.3 is 14.5 Å². The number of anilines is 1. The summed E-state index contributed by atoms with van der Waals surface area (Å²) in [5.41, 5.74) is 2.53. The number of hydrogen-bond donors (Lipinski definition) is 0. The lowest BCUT2D eigenvalue weighted by Gasteiger charge is -2.38. The molecular weight excluding hydrogens is 454 g/mol. The van der Waals surface area contributed by atoms with E-state index in [1.165, 1.54) is 24.2 Å². The number of imide groups is 1. The first-order valence-electron chi connectivity index (χ1n) is 13.1. The quantitative estimate of drug-likeness (QED) is 0.559. The number of nitrogens with zero attached hydrogens (tertiary/aromatic N) is 3. The molecule has 0 N–H and O–H groups in total. The maximum Gasteiger partial charge on any atom is 0.263 e. The van der Waals surface area contributed by atoms with Crippen molar-refractivity contribution >= 4 is 23.4 Å². The Morgan fingerprint density at radius 2 is 1.72 bits per heavy atom. The van der Waals surface area contributed by atoms with Gasteiger partial charge in [0.25, 0.3) is 11.8 Å². The third-order valence-electron chi connectivity index (χ3n) is 8.06. The molecule has 2 fully saturated rings. The van der Waals surface area contributed by atoms with Crippen LogP contribution in [0.5, 0.6) is 5.75 Å². The van der Waals surface area contributed by atoms with Gasteiger partial charge in [-0.25, -0.2) is 0 Å². The van der Waals surface area contributed by atoms with E-state index < -0.39 is 0 Å². The van der Waals surface area contributed by atoms with Gasteiger partial charge in [-0.15, -0.1) is 0 Å². The molecule has 36 heavy (non-hydrogen) atoms. The summed E-state index contributed by atoms with van der Waals surface area (Å²) in [4.78, 5) is 45.5. The molecule has 7 heteroatoms. The van der Waals surface area contributed by atoms with Gasteiger partial charge in [0.2, 0.25) is 5.91 Å². The number of piperidine rings is 1. The van der Waals surface area contributed by atoms with Crippen LogP contribution >= 0.6 is 0 Å². The van der Waals surface area contributed by atoms with Crippen molar-refractivity contribution < 1.29 is 19.1 Å². The van der Waals surface area contributed by atoms with Gasteiger partial charge >= 0.3 is 0 Å². The van der Waals surface area contributed by atoms with Crippen LogP contribution in [-0.2, 0) is 11.3 Å². The Morgan fingerprint density at radius 3 is 2.44 bits per heavy atom. The second kappa shape index (κ2) is 10.3. The Morgan fingerprint density at radius 1 is 0.972 bits per heavy atom. The molecule has 2 heterocycles. The summed E-state index contributed by atoms with van der Waals surface area (Å²) in [6.07, 6.45) is 7.57. The van der Waals surface area contributed by atoms with E-state index in [4.69, 9.17) is 4.74 Å². The number of carbonyl (C=O) groups is 3. The predicted octanol–water partition coefficient (Wildman–Crippen LogP) is 4.50. The van der Waals surface area contributed by atoms with Crippen LogP contribution in [0.25, 0.3) is 0 Å². The first-order chi connectivity index (χ1) is 17.5. The van der Waals surface area contributed by atoms with Crippen LogP contribution in [-0.4, -0.2) is 60.8 Å². The molecule has 3 aliphatic rings. The molecule has 1 aliphatic carbocycles. The molecule has 0 spiro atoms. The highest BCUT2D eigenvalue weighted by Gasteiger charge is 2.40. The van der Waals surface area contributed by atoms with Gasteiger partial charge in [0, 0.05) is 26.2 Å². The smallest absolute Gasteiger partial charge is 0.263 e. The first kappa shape index (κ1) is 24.3. The second-order valence-corrected chi connectivity index (χ2v) is 10.3. The molecule has 0 radical (unpaired) electrons. The van der Waals surface area contributed by atoms with E-state index >= 15 is 0 Å². The van der Waals surface area contributed by atoms with E-state index in [1.54, 1.807) is 13.2 Å². The van der Waals surface area contributed by atoms with Gasteiger partial charge in [0.1, 0.15) is 5.75 Å². The molecule has 190 valence electrons. The van der Waals surface area contributed by atoms with E-state index in [9.17, 15) is 14.4 Å². The average Bonchev–Trinajstić information content (AvgIpc) is 3.18. The van der Waals surface area contributed by atoms with Gasteiger partial charge in [-0.1, -0.05) is 37.5 Å². The molecule has 2 aromatic rings. The summed E-state index contributed by atoms with van der Waals surface area (Å²) < 4.78 is 5.21. The fraction of sp³-hybridized carbons (Fsp3) is 0.483. The maximum atomic E-state index is 13.5. The highest BCUT2D eigenvalue weighted by molar-refractivity contribution is 6.23. The Kier molecular flexibility index (Phi) is 6.99. The van der Waals surface area contributed by atoms with Gasteiger partial charge in [0.15, 0.2) is 0 Å². The minimum atomic E-state index is -0.269. The minimum absolute atomic E-state index is 0.0934. The number of methoxy groups -OCH3 is 1. The van der Waals surface area contributed by atoms with E-state index in [0.717, 1.165) is 49.2 Å². The van der Waals surface area contributed by atoms with Gasteiger partial charge in [-0.05, 0) is 55.5 Å². The standard InChI is InChI=1S/C29H35N3O4/c1-30(22-9-4-3-5-10-22)27(33)21-8-7-17-31(19-21)25-12-6-11-24-26(25)29(35)32(28(24)34)18-20-13-15-23(36-2)16-14-20/h6,11-16,21-22H,3-5,7-10,17-19H2,1-2H3. The number of rotatable bonds is 6. The van der Waals surface area contributed by atoms with Crippen LogP contribution in [0.3, 0.4) is 0 Å². The molecule has 2 aliphatic heterocycles. The third-order valence-corrected chi connectivity index (χ3v) is 8.06. The molecule has 1 saturated heterocycles. The first-order valence-corrected chi connectivity index (χ1v) is 13.1. The van der Waals surface area contributed by atoms with E-state index in [0.29, 0.717) is 23.7 Å². The molecule has 0 bridgehead atoms. The monoisotopic (exact) mass is 489 g/mol. The molecule has 2 aromatic carbocycles. The summed E-state index contributed by atoms with van der Waals surface area (Å²) in [5.74, 6) is 0.308. The topological polar surface area (TPSA) is 70.2 Å². The summed E-state index contributed by atoms with van der Waals surface area (Å²) >= 11 is 0. The van der Waals surface area contributed by atoms with Gasteiger partial charge in [-0.3, -0.25) is 19.3 Å². The zero-order valence-electron chi connectivity index (χ0n) is 21.2. The Hall–Kier alpha value is -3.35. The van der Waals surface area contributed by atoms with Gasteiger partial charge in [0.05, 0.1) is 36.4 Å². The van der Waals surface area contributed by atoms with Crippen LogP contribution in [0.2, 0.25) is 0 Å². The van der Waals surface area contributed by atoms with Gasteiger partial charge in [-0.2, -0.15) is 0 Å². The third kappa shape index (κ3) is 4.59. The molecular formula is C29H35N3O4. The van der Waals surface area contributed by atoms with Crippen molar-refractivity contribution in [2.75, 3.05) is 32.1 Å². The van der Waals surface area contributed by atoms with Crippen molar-refractivity contribution in [2.24, 2.45) is 5.92 Å². The van der Waals surface area contributed by atoms with E-state index in [-0.39, 0.29) is 30.2 Å². The summed E-state index contributed by atoms with van der Waals surface area (Å²) in [6.45, 7) is 1.56. The lowest BCUT2D eigenvalue weighted by atomic mass is 9.91. The number of amides is 3. The number of fused-ring (bicyclic) bond motifs is 1. The highest BCUT2D eigenvalue weighted by atomic mass is 16.5. The van der Waals surface area contributed by atoms with Crippen molar-refractivity contribution in [3.63, 3.8) is 0 Å². The van der Waals surface area contributed by atoms with Crippen molar-refractivity contribution in [1.82, 2.24) is 9.80 Å². The van der Waals surface area contributed by atoms with Crippen molar-refractivity contribution in [3.05, 3.63) is 59.2 Å². The average molecular weight is 490 g/mol. The molecule has 1 unspecified atom stereocenters. The highest BCUT2D eigenvalue weighted by Crippen LogP contribution is 2.35. The molecule has 3 amide bonds. The lowest BCUT2D eigenvalue weighted by Crippen LogP contribution is -2.47. The number of ether oxygens (including phenoxy) is 1. The fourth-order valence-corrected chi connectivity index (χ4v) is 5.97. The normalized spacial score (nSPS) is 20.4. The van der Waals surface area contributed by atoms with Crippen LogP contribution in [0.15, 0.2) is 42.5 Å². The van der Waals surface area contributed by atoms with E-state index in [1.807, 2.05) is 48.3 Å². The molecule has 1 atom stereocenters. The van der Waals surface area contributed by atoms with E-state index in [2.05, 4.69) is 4.90 Å². The maximum absolute atomic E-state index is 13.5. The molecule has 5 rings (SSSR count). The zero-order chi connectivity index (χ0) is 25.2. The Balaban J connectivity index is 1.33. The summed E-state index contributed by atoms with van der Waals surface area (Å²) in [7, 11) is 3.56. The van der Waals surface area contributed by atoms with Crippen LogP contribution in [0.4, 0.5) is 5.69 Å². The Labute approximate surface area is 213 Å². The van der Waals surface area contributed by atoms with Crippen LogP contribution < -0.4 is 9.64 Å².